The van der Waals surface area contributed by atoms with Crippen molar-refractivity contribution in [2.45, 2.75) is 38.1 Å². The highest BCUT2D eigenvalue weighted by molar-refractivity contribution is 6.30. The number of halogens is 1. The number of benzene rings is 2. The van der Waals surface area contributed by atoms with Crippen molar-refractivity contribution in [1.82, 2.24) is 15.3 Å². The normalized spacial score (nSPS) is 15.4. The Morgan fingerprint density at radius 3 is 2.30 bits per heavy atom. The van der Waals surface area contributed by atoms with Crippen molar-refractivity contribution in [3.05, 3.63) is 83.4 Å². The van der Waals surface area contributed by atoms with Gasteiger partial charge in [0.15, 0.2) is 5.15 Å². The topological polar surface area (TPSA) is 64.1 Å². The van der Waals surface area contributed by atoms with Crippen molar-refractivity contribution < 1.29 is 9.53 Å². The summed E-state index contributed by atoms with van der Waals surface area (Å²) in [5, 5.41) is 3.45. The Balaban J connectivity index is 1.57. The van der Waals surface area contributed by atoms with Crippen LogP contribution >= 0.6 is 11.6 Å². The smallest absolute Gasteiger partial charge is 0.223 e. The molecule has 1 aromatic heterocycles. The van der Waals surface area contributed by atoms with E-state index in [-0.39, 0.29) is 17.0 Å². The van der Waals surface area contributed by atoms with Crippen LogP contribution in [0.25, 0.3) is 0 Å². The van der Waals surface area contributed by atoms with Gasteiger partial charge in [0, 0.05) is 18.3 Å². The third kappa shape index (κ3) is 4.97. The van der Waals surface area contributed by atoms with E-state index < -0.39 is 6.04 Å². The van der Waals surface area contributed by atoms with Crippen molar-refractivity contribution in [2.75, 3.05) is 0 Å². The second-order valence-electron chi connectivity index (χ2n) is 7.49. The third-order valence-corrected chi connectivity index (χ3v) is 5.70. The number of aromatic nitrogens is 2. The number of para-hydroxylation sites is 1. The summed E-state index contributed by atoms with van der Waals surface area (Å²) in [4.78, 5) is 21.5. The van der Waals surface area contributed by atoms with Gasteiger partial charge in [-0.15, -0.1) is 0 Å². The highest BCUT2D eigenvalue weighted by Crippen LogP contribution is 2.30. The largest absolute Gasteiger partial charge is 0.457 e. The quantitative estimate of drug-likeness (QED) is 0.553. The molecule has 0 saturated heterocycles. The second-order valence-corrected chi connectivity index (χ2v) is 7.85. The van der Waals surface area contributed by atoms with Crippen LogP contribution in [0.1, 0.15) is 49.4 Å². The third-order valence-electron chi connectivity index (χ3n) is 5.41. The van der Waals surface area contributed by atoms with Gasteiger partial charge in [-0.1, -0.05) is 61.2 Å². The van der Waals surface area contributed by atoms with Gasteiger partial charge in [0.1, 0.15) is 17.2 Å². The maximum absolute atomic E-state index is 12.9. The van der Waals surface area contributed by atoms with Gasteiger partial charge in [-0.25, -0.2) is 4.98 Å². The van der Waals surface area contributed by atoms with Gasteiger partial charge in [-0.05, 0) is 42.7 Å². The molecule has 5 nitrogen and oxygen atoms in total. The Bertz CT molecular complexity index is 973. The molecule has 1 unspecified atom stereocenters. The monoisotopic (exact) mass is 421 g/mol. The SMILES string of the molecule is O=C(NC(c1ccc(Oc2ccccc2)cc1)c1nccnc1Cl)C1CCCCC1. The van der Waals surface area contributed by atoms with Crippen LogP contribution in [-0.2, 0) is 4.79 Å². The molecule has 0 radical (unpaired) electrons. The summed E-state index contributed by atoms with van der Waals surface area (Å²) in [6, 6.07) is 16.8. The molecule has 1 N–H and O–H groups in total. The van der Waals surface area contributed by atoms with Gasteiger partial charge in [0.05, 0.1) is 6.04 Å². The molecule has 1 heterocycles. The van der Waals surface area contributed by atoms with Crippen molar-refractivity contribution in [2.24, 2.45) is 5.92 Å². The molecule has 3 aromatic rings. The molecule has 30 heavy (non-hydrogen) atoms. The molecule has 0 aliphatic heterocycles. The number of ether oxygens (including phenoxy) is 1. The van der Waals surface area contributed by atoms with Crippen molar-refractivity contribution in [3.8, 4) is 11.5 Å². The van der Waals surface area contributed by atoms with E-state index in [9.17, 15) is 4.79 Å². The summed E-state index contributed by atoms with van der Waals surface area (Å²) >= 11 is 6.33. The molecule has 1 aliphatic rings. The lowest BCUT2D eigenvalue weighted by Crippen LogP contribution is -2.36. The summed E-state index contributed by atoms with van der Waals surface area (Å²) in [5.74, 6) is 1.57. The van der Waals surface area contributed by atoms with Crippen molar-refractivity contribution in [3.63, 3.8) is 0 Å². The molecule has 1 atom stereocenters. The predicted molar refractivity (Wildman–Crippen MR) is 117 cm³/mol. The lowest BCUT2D eigenvalue weighted by molar-refractivity contribution is -0.126. The summed E-state index contributed by atoms with van der Waals surface area (Å²) in [5.41, 5.74) is 1.42. The van der Waals surface area contributed by atoms with Crippen LogP contribution < -0.4 is 10.1 Å². The number of hydrogen-bond acceptors (Lipinski definition) is 4. The van der Waals surface area contributed by atoms with Gasteiger partial charge in [-0.3, -0.25) is 9.78 Å². The first-order chi connectivity index (χ1) is 14.7. The highest BCUT2D eigenvalue weighted by atomic mass is 35.5. The number of hydrogen-bond donors (Lipinski definition) is 1. The van der Waals surface area contributed by atoms with Crippen LogP contribution in [-0.4, -0.2) is 15.9 Å². The van der Waals surface area contributed by atoms with Crippen molar-refractivity contribution >= 4 is 17.5 Å². The summed E-state index contributed by atoms with van der Waals surface area (Å²) in [6.07, 6.45) is 8.39. The zero-order valence-corrected chi connectivity index (χ0v) is 17.4. The first-order valence-electron chi connectivity index (χ1n) is 10.3. The molecule has 4 rings (SSSR count). The minimum absolute atomic E-state index is 0.0392. The van der Waals surface area contributed by atoms with E-state index in [0.29, 0.717) is 11.4 Å². The van der Waals surface area contributed by atoms with Gasteiger partial charge in [0.2, 0.25) is 5.91 Å². The van der Waals surface area contributed by atoms with E-state index in [1.807, 2.05) is 54.6 Å². The van der Waals surface area contributed by atoms with E-state index in [1.165, 1.54) is 6.42 Å². The van der Waals surface area contributed by atoms with Gasteiger partial charge in [0.25, 0.3) is 0 Å². The number of carbonyl (C=O) groups is 1. The molecule has 2 aromatic carbocycles. The first-order valence-corrected chi connectivity index (χ1v) is 10.7. The lowest BCUT2D eigenvalue weighted by atomic mass is 9.88. The zero-order valence-electron chi connectivity index (χ0n) is 16.6. The van der Waals surface area contributed by atoms with Gasteiger partial charge >= 0.3 is 0 Å². The number of rotatable bonds is 6. The van der Waals surface area contributed by atoms with Crippen LogP contribution in [0, 0.1) is 5.92 Å². The Labute approximate surface area is 181 Å². The van der Waals surface area contributed by atoms with E-state index >= 15 is 0 Å². The number of carbonyl (C=O) groups excluding carboxylic acids is 1. The highest BCUT2D eigenvalue weighted by Gasteiger charge is 2.27. The first kappa shape index (κ1) is 20.4. The van der Waals surface area contributed by atoms with Gasteiger partial charge < -0.3 is 10.1 Å². The molecule has 0 bridgehead atoms. The van der Waals surface area contributed by atoms with E-state index in [1.54, 1.807) is 12.4 Å². The zero-order chi connectivity index (χ0) is 20.8. The molecule has 1 fully saturated rings. The summed E-state index contributed by atoms with van der Waals surface area (Å²) in [6.45, 7) is 0. The fraction of sp³-hybridized carbons (Fsp3) is 0.292. The van der Waals surface area contributed by atoms with Crippen LogP contribution in [0.4, 0.5) is 0 Å². The molecular formula is C24H24ClN3O2. The van der Waals surface area contributed by atoms with Gasteiger partial charge in [-0.2, -0.15) is 0 Å². The fourth-order valence-electron chi connectivity index (χ4n) is 3.81. The molecule has 0 spiro atoms. The van der Waals surface area contributed by atoms with Crippen LogP contribution in [0.15, 0.2) is 67.0 Å². The van der Waals surface area contributed by atoms with Crippen molar-refractivity contribution in [1.29, 1.82) is 0 Å². The Morgan fingerprint density at radius 1 is 0.933 bits per heavy atom. The molecule has 1 amide bonds. The number of amides is 1. The number of nitrogens with one attached hydrogen (secondary N) is 1. The average molecular weight is 422 g/mol. The van der Waals surface area contributed by atoms with E-state index in [2.05, 4.69) is 15.3 Å². The lowest BCUT2D eigenvalue weighted by Gasteiger charge is -2.25. The minimum atomic E-state index is -0.466. The standard InChI is InChI=1S/C24H24ClN3O2/c25-23-22(26-15-16-27-23)21(28-24(29)18-7-3-1-4-8-18)17-11-13-20(14-12-17)30-19-9-5-2-6-10-19/h2,5-6,9-16,18,21H,1,3-4,7-8H2,(H,28,29). The minimum Gasteiger partial charge on any atom is -0.457 e. The van der Waals surface area contributed by atoms with Crippen LogP contribution in [0.5, 0.6) is 11.5 Å². The molecule has 1 saturated carbocycles. The summed E-state index contributed by atoms with van der Waals surface area (Å²) < 4.78 is 5.88. The number of nitrogens with zero attached hydrogens (tertiary/aromatic N) is 2. The molecular weight excluding hydrogens is 398 g/mol. The van der Waals surface area contributed by atoms with E-state index in [4.69, 9.17) is 16.3 Å². The Kier molecular flexibility index (Phi) is 6.60. The van der Waals surface area contributed by atoms with Crippen LogP contribution in [0.3, 0.4) is 0 Å². The van der Waals surface area contributed by atoms with Crippen LogP contribution in [0.2, 0.25) is 5.15 Å². The molecule has 6 heteroatoms. The Morgan fingerprint density at radius 2 is 1.60 bits per heavy atom. The van der Waals surface area contributed by atoms with E-state index in [0.717, 1.165) is 37.0 Å². The summed E-state index contributed by atoms with van der Waals surface area (Å²) in [7, 11) is 0. The molecule has 154 valence electrons. The fourth-order valence-corrected chi connectivity index (χ4v) is 4.03. The average Bonchev–Trinajstić information content (AvgIpc) is 2.80. The maximum Gasteiger partial charge on any atom is 0.223 e. The predicted octanol–water partition coefficient (Wildman–Crippen LogP) is 5.71. The second kappa shape index (κ2) is 9.72. The molecule has 1 aliphatic carbocycles. The maximum atomic E-state index is 12.9. The Hall–Kier alpha value is -2.92.